The molecular formula is C11H7ClF4N2O. The second-order valence-electron chi connectivity index (χ2n) is 3.64. The van der Waals surface area contributed by atoms with E-state index < -0.39 is 23.6 Å². The number of alkyl halides is 5. The minimum Gasteiger partial charge on any atom is -0.417 e. The second kappa shape index (κ2) is 5.16. The Morgan fingerprint density at radius 2 is 1.74 bits per heavy atom. The third-order valence-electron chi connectivity index (χ3n) is 2.31. The van der Waals surface area contributed by atoms with Crippen LogP contribution in [-0.2, 0) is 5.92 Å². The van der Waals surface area contributed by atoms with Crippen molar-refractivity contribution in [3.8, 4) is 0 Å². The van der Waals surface area contributed by atoms with Crippen LogP contribution < -0.4 is 0 Å². The summed E-state index contributed by atoms with van der Waals surface area (Å²) in [4.78, 5) is 0. The summed E-state index contributed by atoms with van der Waals surface area (Å²) < 4.78 is 54.7. The number of halogens is 5. The Morgan fingerprint density at radius 3 is 2.32 bits per heavy atom. The molecule has 0 spiro atoms. The van der Waals surface area contributed by atoms with Gasteiger partial charge in [-0.05, 0) is 5.56 Å². The number of aromatic nitrogens is 2. The van der Waals surface area contributed by atoms with E-state index >= 15 is 0 Å². The van der Waals surface area contributed by atoms with Crippen LogP contribution in [0.25, 0.3) is 0 Å². The maximum Gasteiger partial charge on any atom is 0.382 e. The van der Waals surface area contributed by atoms with Crippen LogP contribution in [0, 0.1) is 0 Å². The van der Waals surface area contributed by atoms with Crippen LogP contribution in [0.4, 0.5) is 17.6 Å². The molecule has 0 radical (unpaired) electrons. The van der Waals surface area contributed by atoms with Crippen LogP contribution in [0.5, 0.6) is 0 Å². The normalized spacial score (nSPS) is 13.8. The standard InChI is InChI=1S/C11H7ClF4N2O/c12-7(6-4-2-1-3-5-6)8-17-18-10(19-8)11(15,16)9(13)14/h1-5,7,9H. The van der Waals surface area contributed by atoms with Crippen LogP contribution in [0.2, 0.25) is 0 Å². The number of rotatable bonds is 4. The first-order valence-corrected chi connectivity index (χ1v) is 5.55. The van der Waals surface area contributed by atoms with Crippen molar-refractivity contribution in [2.24, 2.45) is 0 Å². The zero-order valence-electron chi connectivity index (χ0n) is 9.23. The fourth-order valence-electron chi connectivity index (χ4n) is 1.33. The van der Waals surface area contributed by atoms with Crippen molar-refractivity contribution in [3.63, 3.8) is 0 Å². The van der Waals surface area contributed by atoms with Crippen LogP contribution >= 0.6 is 11.6 Å². The molecule has 0 aliphatic carbocycles. The molecule has 19 heavy (non-hydrogen) atoms. The van der Waals surface area contributed by atoms with E-state index in [0.29, 0.717) is 5.56 Å². The highest BCUT2D eigenvalue weighted by atomic mass is 35.5. The van der Waals surface area contributed by atoms with Crippen LogP contribution in [0.15, 0.2) is 34.7 Å². The molecule has 0 N–H and O–H groups in total. The minimum atomic E-state index is -4.49. The summed E-state index contributed by atoms with van der Waals surface area (Å²) in [6.07, 6.45) is -3.92. The van der Waals surface area contributed by atoms with Gasteiger partial charge in [0.2, 0.25) is 5.89 Å². The number of nitrogens with zero attached hydrogens (tertiary/aromatic N) is 2. The quantitative estimate of drug-likeness (QED) is 0.637. The van der Waals surface area contributed by atoms with Gasteiger partial charge in [0.25, 0.3) is 5.89 Å². The van der Waals surface area contributed by atoms with Crippen molar-refractivity contribution >= 4 is 11.6 Å². The molecule has 0 saturated carbocycles. The zero-order chi connectivity index (χ0) is 14.0. The lowest BCUT2D eigenvalue weighted by molar-refractivity contribution is -0.151. The van der Waals surface area contributed by atoms with E-state index in [1.807, 2.05) is 0 Å². The summed E-state index contributed by atoms with van der Waals surface area (Å²) in [5.41, 5.74) is 0.528. The molecule has 0 saturated heterocycles. The number of hydrogen-bond donors (Lipinski definition) is 0. The maximum atomic E-state index is 13.0. The van der Waals surface area contributed by atoms with Crippen molar-refractivity contribution in [1.82, 2.24) is 10.2 Å². The highest BCUT2D eigenvalue weighted by Crippen LogP contribution is 2.35. The Hall–Kier alpha value is -1.63. The molecule has 0 amide bonds. The molecule has 2 aromatic rings. The van der Waals surface area contributed by atoms with Crippen molar-refractivity contribution in [1.29, 1.82) is 0 Å². The second-order valence-corrected chi connectivity index (χ2v) is 4.08. The molecule has 1 heterocycles. The molecule has 0 fully saturated rings. The van der Waals surface area contributed by atoms with E-state index in [4.69, 9.17) is 11.6 Å². The average Bonchev–Trinajstić information content (AvgIpc) is 2.89. The molecule has 0 aliphatic heterocycles. The molecule has 0 aliphatic rings. The van der Waals surface area contributed by atoms with Gasteiger partial charge in [0.15, 0.2) is 0 Å². The Labute approximate surface area is 110 Å². The lowest BCUT2D eigenvalue weighted by Gasteiger charge is -2.09. The lowest BCUT2D eigenvalue weighted by Crippen LogP contribution is -2.23. The molecule has 1 unspecified atom stereocenters. The summed E-state index contributed by atoms with van der Waals surface area (Å²) in [6.45, 7) is 0. The van der Waals surface area contributed by atoms with Crippen LogP contribution in [0.3, 0.4) is 0 Å². The van der Waals surface area contributed by atoms with Gasteiger partial charge in [-0.1, -0.05) is 30.3 Å². The summed E-state index contributed by atoms with van der Waals surface area (Å²) in [7, 11) is 0. The van der Waals surface area contributed by atoms with E-state index in [1.54, 1.807) is 30.3 Å². The van der Waals surface area contributed by atoms with Crippen molar-refractivity contribution in [3.05, 3.63) is 47.7 Å². The lowest BCUT2D eigenvalue weighted by atomic mass is 10.1. The predicted molar refractivity (Wildman–Crippen MR) is 58.3 cm³/mol. The van der Waals surface area contributed by atoms with E-state index in [2.05, 4.69) is 14.6 Å². The molecule has 1 atom stereocenters. The predicted octanol–water partition coefficient (Wildman–Crippen LogP) is 3.75. The van der Waals surface area contributed by atoms with E-state index in [1.165, 1.54) is 0 Å². The highest BCUT2D eigenvalue weighted by Gasteiger charge is 2.48. The van der Waals surface area contributed by atoms with Gasteiger partial charge in [-0.25, -0.2) is 8.78 Å². The van der Waals surface area contributed by atoms with Crippen LogP contribution in [0.1, 0.15) is 22.7 Å². The topological polar surface area (TPSA) is 38.9 Å². The number of benzene rings is 1. The first-order valence-electron chi connectivity index (χ1n) is 5.11. The third kappa shape index (κ3) is 2.70. The van der Waals surface area contributed by atoms with Gasteiger partial charge in [0.1, 0.15) is 5.38 Å². The Kier molecular flexibility index (Phi) is 3.75. The average molecular weight is 295 g/mol. The molecule has 1 aromatic heterocycles. The molecule has 0 bridgehead atoms. The number of hydrogen-bond acceptors (Lipinski definition) is 3. The minimum absolute atomic E-state index is 0.358. The van der Waals surface area contributed by atoms with Crippen molar-refractivity contribution in [2.75, 3.05) is 0 Å². The molecule has 102 valence electrons. The summed E-state index contributed by atoms with van der Waals surface area (Å²) in [6, 6.07) is 8.32. The summed E-state index contributed by atoms with van der Waals surface area (Å²) >= 11 is 5.95. The van der Waals surface area contributed by atoms with Gasteiger partial charge in [0, 0.05) is 0 Å². The van der Waals surface area contributed by atoms with E-state index in [-0.39, 0.29) is 5.89 Å². The Balaban J connectivity index is 2.27. The van der Waals surface area contributed by atoms with Crippen LogP contribution in [-0.4, -0.2) is 16.6 Å². The van der Waals surface area contributed by atoms with E-state index in [0.717, 1.165) is 0 Å². The molecule has 1 aromatic carbocycles. The van der Waals surface area contributed by atoms with Gasteiger partial charge in [-0.2, -0.15) is 8.78 Å². The summed E-state index contributed by atoms with van der Waals surface area (Å²) in [5, 5.41) is 5.23. The third-order valence-corrected chi connectivity index (χ3v) is 2.75. The van der Waals surface area contributed by atoms with Gasteiger partial charge in [-0.3, -0.25) is 0 Å². The smallest absolute Gasteiger partial charge is 0.382 e. The summed E-state index contributed by atoms with van der Waals surface area (Å²) in [5.74, 6) is -6.29. The fourth-order valence-corrected chi connectivity index (χ4v) is 1.56. The fraction of sp³-hybridized carbons (Fsp3) is 0.273. The van der Waals surface area contributed by atoms with Gasteiger partial charge >= 0.3 is 12.3 Å². The SMILES string of the molecule is FC(F)C(F)(F)c1nnc(C(Cl)c2ccccc2)o1. The van der Waals surface area contributed by atoms with E-state index in [9.17, 15) is 17.6 Å². The molecule has 8 heteroatoms. The Bertz CT molecular complexity index is 547. The van der Waals surface area contributed by atoms with Gasteiger partial charge in [0.05, 0.1) is 0 Å². The first-order chi connectivity index (χ1) is 8.93. The monoisotopic (exact) mass is 294 g/mol. The molecule has 2 rings (SSSR count). The maximum absolute atomic E-state index is 13.0. The molecular weight excluding hydrogens is 288 g/mol. The van der Waals surface area contributed by atoms with Crippen molar-refractivity contribution in [2.45, 2.75) is 17.7 Å². The van der Waals surface area contributed by atoms with Gasteiger partial charge < -0.3 is 4.42 Å². The highest BCUT2D eigenvalue weighted by molar-refractivity contribution is 6.22. The first kappa shape index (κ1) is 13.8. The Morgan fingerprint density at radius 1 is 1.11 bits per heavy atom. The largest absolute Gasteiger partial charge is 0.417 e. The molecule has 3 nitrogen and oxygen atoms in total. The van der Waals surface area contributed by atoms with Gasteiger partial charge in [-0.15, -0.1) is 21.8 Å². The van der Waals surface area contributed by atoms with Crippen molar-refractivity contribution < 1.29 is 22.0 Å². The zero-order valence-corrected chi connectivity index (χ0v) is 9.99.